The fourth-order valence-electron chi connectivity index (χ4n) is 5.61. The molecule has 222 valence electrons. The van der Waals surface area contributed by atoms with E-state index in [2.05, 4.69) is 37.5 Å². The van der Waals surface area contributed by atoms with Crippen LogP contribution in [0.25, 0.3) is 0 Å². The van der Waals surface area contributed by atoms with Gasteiger partial charge in [0.1, 0.15) is 24.5 Å². The molecular formula is C30H41ClFN6O2P. The van der Waals surface area contributed by atoms with Gasteiger partial charge in [-0.1, -0.05) is 23.7 Å². The summed E-state index contributed by atoms with van der Waals surface area (Å²) in [4.78, 5) is 13.3. The molecule has 0 aliphatic carbocycles. The summed E-state index contributed by atoms with van der Waals surface area (Å²) in [5.74, 6) is 0.808. The molecule has 41 heavy (non-hydrogen) atoms. The maximum absolute atomic E-state index is 15.6. The highest BCUT2D eigenvalue weighted by Gasteiger charge is 2.37. The van der Waals surface area contributed by atoms with Crippen molar-refractivity contribution in [1.82, 2.24) is 4.90 Å². The number of anilines is 3. The van der Waals surface area contributed by atoms with Crippen molar-refractivity contribution in [1.29, 1.82) is 0 Å². The van der Waals surface area contributed by atoms with Gasteiger partial charge in [-0.3, -0.25) is 0 Å². The summed E-state index contributed by atoms with van der Waals surface area (Å²) in [5.41, 5.74) is 3.26. The number of hydrogen-bond acceptors (Lipinski definition) is 5. The number of rotatable bonds is 6. The molecule has 11 heteroatoms. The van der Waals surface area contributed by atoms with Crippen LogP contribution < -0.4 is 25.6 Å². The van der Waals surface area contributed by atoms with Crippen molar-refractivity contribution >= 4 is 52.9 Å². The number of ether oxygens (including phenoxy) is 1. The molecule has 2 aromatic carbocycles. The summed E-state index contributed by atoms with van der Waals surface area (Å²) >= 11 is 5.73. The standard InChI is InChI=1S/C30H41ClFN6O2P/c1-22(34-24-8-6-7-9-28(24)41(4,5)39)35-29(33-15-14-31)36-25-20-23(32)26(21-27(25)40-3)38-18-12-30(13-19-38)10-16-37(2)17-11-30/h6-9,14-15,20-21H,10-13,16-19H2,1-5H3,(H2,33,34,35,36)/b15-14+. The van der Waals surface area contributed by atoms with Crippen LogP contribution in [0.5, 0.6) is 5.75 Å². The van der Waals surface area contributed by atoms with Crippen LogP contribution in [0, 0.1) is 11.2 Å². The highest BCUT2D eigenvalue weighted by Crippen LogP contribution is 2.43. The zero-order valence-electron chi connectivity index (χ0n) is 24.6. The summed E-state index contributed by atoms with van der Waals surface area (Å²) in [6.45, 7) is 9.12. The Morgan fingerprint density at radius 2 is 1.73 bits per heavy atom. The van der Waals surface area contributed by atoms with Gasteiger partial charge in [0.2, 0.25) is 5.96 Å². The van der Waals surface area contributed by atoms with Crippen LogP contribution in [-0.2, 0) is 4.57 Å². The van der Waals surface area contributed by atoms with Gasteiger partial charge in [0.05, 0.1) is 24.2 Å². The number of benzene rings is 2. The van der Waals surface area contributed by atoms with Crippen LogP contribution in [0.3, 0.4) is 0 Å². The Balaban J connectivity index is 1.53. The smallest absolute Gasteiger partial charge is 0.228 e. The Morgan fingerprint density at radius 3 is 2.37 bits per heavy atom. The van der Waals surface area contributed by atoms with Crippen molar-refractivity contribution in [2.75, 3.05) is 69.2 Å². The van der Waals surface area contributed by atoms with Crippen LogP contribution in [-0.4, -0.2) is 70.4 Å². The van der Waals surface area contributed by atoms with E-state index in [4.69, 9.17) is 16.3 Å². The van der Waals surface area contributed by atoms with E-state index in [1.807, 2.05) is 24.3 Å². The van der Waals surface area contributed by atoms with Gasteiger partial charge < -0.3 is 29.7 Å². The van der Waals surface area contributed by atoms with Crippen molar-refractivity contribution in [3.63, 3.8) is 0 Å². The van der Waals surface area contributed by atoms with E-state index in [1.54, 1.807) is 33.4 Å². The van der Waals surface area contributed by atoms with E-state index in [0.29, 0.717) is 34.1 Å². The zero-order valence-corrected chi connectivity index (χ0v) is 26.2. The molecule has 4 rings (SSSR count). The molecule has 2 aromatic rings. The van der Waals surface area contributed by atoms with E-state index < -0.39 is 7.14 Å². The lowest BCUT2D eigenvalue weighted by atomic mass is 9.71. The van der Waals surface area contributed by atoms with Gasteiger partial charge in [0.15, 0.2) is 0 Å². The third kappa shape index (κ3) is 7.91. The number of guanidine groups is 1. The number of nitrogens with one attached hydrogen (secondary N) is 2. The largest absolute Gasteiger partial charge is 0.494 e. The molecular weight excluding hydrogens is 562 g/mol. The van der Waals surface area contributed by atoms with Gasteiger partial charge in [-0.05, 0) is 83.6 Å². The molecule has 2 fully saturated rings. The Bertz CT molecular complexity index is 1360. The molecule has 0 amide bonds. The van der Waals surface area contributed by atoms with E-state index in [9.17, 15) is 4.57 Å². The molecule has 2 aliphatic rings. The van der Waals surface area contributed by atoms with Gasteiger partial charge in [-0.25, -0.2) is 14.4 Å². The number of amidine groups is 1. The topological polar surface area (TPSA) is 81.6 Å². The molecule has 8 nitrogen and oxygen atoms in total. The Labute approximate surface area is 248 Å². The highest BCUT2D eigenvalue weighted by molar-refractivity contribution is 7.70. The monoisotopic (exact) mass is 602 g/mol. The summed E-state index contributed by atoms with van der Waals surface area (Å²) in [5, 5.41) is 7.02. The predicted molar refractivity (Wildman–Crippen MR) is 172 cm³/mol. The van der Waals surface area contributed by atoms with E-state index in [0.717, 1.165) is 44.3 Å². The second-order valence-corrected chi connectivity index (χ2v) is 14.8. The second-order valence-electron chi connectivity index (χ2n) is 11.3. The van der Waals surface area contributed by atoms with Crippen LogP contribution in [0.15, 0.2) is 58.1 Å². The van der Waals surface area contributed by atoms with E-state index >= 15 is 4.39 Å². The number of para-hydroxylation sites is 1. The quantitative estimate of drug-likeness (QED) is 0.226. The number of piperidine rings is 2. The van der Waals surface area contributed by atoms with Crippen LogP contribution >= 0.6 is 18.7 Å². The lowest BCUT2D eigenvalue weighted by Crippen LogP contribution is -2.46. The number of likely N-dealkylation sites (tertiary alicyclic amines) is 1. The first-order chi connectivity index (χ1) is 19.5. The first-order valence-electron chi connectivity index (χ1n) is 13.9. The average molecular weight is 603 g/mol. The summed E-state index contributed by atoms with van der Waals surface area (Å²) in [6.07, 6.45) is 5.94. The first kappa shape index (κ1) is 31.1. The lowest BCUT2D eigenvalue weighted by Gasteiger charge is -2.47. The minimum absolute atomic E-state index is 0.174. The van der Waals surface area contributed by atoms with Crippen LogP contribution in [0.1, 0.15) is 32.6 Å². The van der Waals surface area contributed by atoms with Crippen molar-refractivity contribution in [3.8, 4) is 5.75 Å². The maximum Gasteiger partial charge on any atom is 0.228 e. The molecule has 0 aromatic heterocycles. The molecule has 0 radical (unpaired) electrons. The third-order valence-corrected chi connectivity index (χ3v) is 9.72. The number of methoxy groups -OCH3 is 1. The fourth-order valence-corrected chi connectivity index (χ4v) is 6.82. The van der Waals surface area contributed by atoms with Crippen molar-refractivity contribution in [2.45, 2.75) is 32.6 Å². The van der Waals surface area contributed by atoms with Gasteiger partial charge >= 0.3 is 0 Å². The zero-order chi connectivity index (χ0) is 29.6. The Kier molecular flexibility index (Phi) is 10.2. The minimum Gasteiger partial charge on any atom is -0.494 e. The van der Waals surface area contributed by atoms with Crippen molar-refractivity contribution in [3.05, 3.63) is 54.0 Å². The van der Waals surface area contributed by atoms with E-state index in [1.165, 1.54) is 30.6 Å². The van der Waals surface area contributed by atoms with Gasteiger partial charge in [-0.2, -0.15) is 0 Å². The molecule has 2 heterocycles. The van der Waals surface area contributed by atoms with Crippen LogP contribution in [0.4, 0.5) is 21.5 Å². The number of aliphatic imine (C=N–C) groups is 2. The fraction of sp³-hybridized carbons (Fsp3) is 0.467. The third-order valence-electron chi connectivity index (χ3n) is 8.05. The molecule has 2 saturated heterocycles. The minimum atomic E-state index is -2.52. The predicted octanol–water partition coefficient (Wildman–Crippen LogP) is 6.40. The maximum atomic E-state index is 15.6. The van der Waals surface area contributed by atoms with Gasteiger partial charge in [0, 0.05) is 42.3 Å². The summed E-state index contributed by atoms with van der Waals surface area (Å²) in [7, 11) is 1.22. The molecule has 2 aliphatic heterocycles. The van der Waals surface area contributed by atoms with E-state index in [-0.39, 0.29) is 11.8 Å². The molecule has 0 atom stereocenters. The summed E-state index contributed by atoms with van der Waals surface area (Å²) < 4.78 is 34.0. The number of hydrogen-bond donors (Lipinski definition) is 2. The average Bonchev–Trinajstić information content (AvgIpc) is 2.94. The second kappa shape index (κ2) is 13.4. The molecule has 2 N–H and O–H groups in total. The van der Waals surface area contributed by atoms with Crippen LogP contribution in [0.2, 0.25) is 0 Å². The van der Waals surface area contributed by atoms with Gasteiger partial charge in [-0.15, -0.1) is 0 Å². The Hall–Kier alpha value is -2.87. The van der Waals surface area contributed by atoms with Crippen molar-refractivity contribution < 1.29 is 13.7 Å². The highest BCUT2D eigenvalue weighted by atomic mass is 35.5. The molecule has 0 bridgehead atoms. The molecule has 1 spiro atoms. The normalized spacial score (nSPS) is 18.7. The number of halogens is 2. The number of nitrogens with zero attached hydrogens (tertiary/aromatic N) is 4. The molecule has 0 saturated carbocycles. The van der Waals surface area contributed by atoms with Crippen molar-refractivity contribution in [2.24, 2.45) is 15.4 Å². The summed E-state index contributed by atoms with van der Waals surface area (Å²) in [6, 6.07) is 10.6. The first-order valence-corrected chi connectivity index (χ1v) is 17.0. The Morgan fingerprint density at radius 1 is 1.07 bits per heavy atom. The SMILES string of the molecule is COc1cc(N2CCC3(CCN(C)CC3)CC2)c(F)cc1NC(N=C(C)Nc1ccccc1P(C)(C)=O)=N/C=C/Cl. The lowest BCUT2D eigenvalue weighted by molar-refractivity contribution is 0.0943. The van der Waals surface area contributed by atoms with Gasteiger partial charge in [0.25, 0.3) is 0 Å². The molecule has 0 unspecified atom stereocenters.